The fraction of sp³-hybridized carbons (Fsp3) is 0.280. The van der Waals surface area contributed by atoms with Crippen LogP contribution in [0.25, 0.3) is 16.9 Å². The summed E-state index contributed by atoms with van der Waals surface area (Å²) in [6.45, 7) is 0.955. The summed E-state index contributed by atoms with van der Waals surface area (Å²) >= 11 is 6.34. The second kappa shape index (κ2) is 11.4. The minimum absolute atomic E-state index is 0.0329. The Hall–Kier alpha value is -4.68. The molecule has 1 aromatic carbocycles. The number of halogens is 4. The van der Waals surface area contributed by atoms with Crippen LogP contribution < -0.4 is 21.3 Å². The molecule has 1 saturated heterocycles. The monoisotopic (exact) mass is 586 g/mol. The summed E-state index contributed by atoms with van der Waals surface area (Å²) in [6, 6.07) is 6.31. The van der Waals surface area contributed by atoms with Crippen LogP contribution in [0.4, 0.5) is 24.7 Å². The molecule has 12 nitrogen and oxygen atoms in total. The van der Waals surface area contributed by atoms with Crippen molar-refractivity contribution in [1.82, 2.24) is 40.1 Å². The molecule has 1 atom stereocenters. The van der Waals surface area contributed by atoms with Crippen molar-refractivity contribution >= 4 is 40.6 Å². The van der Waals surface area contributed by atoms with Gasteiger partial charge >= 0.3 is 6.18 Å². The van der Waals surface area contributed by atoms with Gasteiger partial charge in [0.05, 0.1) is 40.7 Å². The van der Waals surface area contributed by atoms with Crippen LogP contribution in [0, 0.1) is 11.3 Å². The molecule has 16 heteroatoms. The third kappa shape index (κ3) is 6.08. The summed E-state index contributed by atoms with van der Waals surface area (Å²) in [4.78, 5) is 33.2. The van der Waals surface area contributed by atoms with Gasteiger partial charge in [0.1, 0.15) is 6.54 Å². The number of amides is 2. The van der Waals surface area contributed by atoms with E-state index in [0.717, 1.165) is 23.8 Å². The molecule has 0 bridgehead atoms. The molecule has 212 valence electrons. The van der Waals surface area contributed by atoms with Gasteiger partial charge in [0, 0.05) is 36.9 Å². The van der Waals surface area contributed by atoms with Gasteiger partial charge in [0.25, 0.3) is 5.91 Å². The number of nitriles is 1. The van der Waals surface area contributed by atoms with Crippen molar-refractivity contribution in [1.29, 1.82) is 5.26 Å². The molecular weight excluding hydrogens is 565 g/mol. The first kappa shape index (κ1) is 27.9. The lowest BCUT2D eigenvalue weighted by atomic mass is 10.2. The zero-order chi connectivity index (χ0) is 29.1. The SMILES string of the molecule is N#CCn1cc(-c2cnc3c(Nc4ccc(C(=O)NCC(=O)N[C@@H]5CCNC5)c(Cl)c4)nccn23)c(C(F)(F)F)n1. The molecule has 5 rings (SSSR count). The molecule has 2 amide bonds. The van der Waals surface area contributed by atoms with E-state index in [1.54, 1.807) is 12.1 Å². The Balaban J connectivity index is 1.33. The number of carbonyl (C=O) groups is 2. The minimum Gasteiger partial charge on any atom is -0.351 e. The quantitative estimate of drug-likeness (QED) is 0.246. The number of hydrogen-bond donors (Lipinski definition) is 4. The molecule has 1 aliphatic rings. The number of benzene rings is 1. The summed E-state index contributed by atoms with van der Waals surface area (Å²) in [5, 5.41) is 24.0. The number of nitrogens with zero attached hydrogens (tertiary/aromatic N) is 6. The lowest BCUT2D eigenvalue weighted by Crippen LogP contribution is -2.42. The molecule has 0 radical (unpaired) electrons. The van der Waals surface area contributed by atoms with Crippen LogP contribution in [-0.4, -0.2) is 61.6 Å². The van der Waals surface area contributed by atoms with E-state index in [9.17, 15) is 22.8 Å². The zero-order valence-electron chi connectivity index (χ0n) is 21.2. The number of nitrogens with one attached hydrogen (secondary N) is 4. The van der Waals surface area contributed by atoms with Crippen molar-refractivity contribution < 1.29 is 22.8 Å². The Bertz CT molecular complexity index is 1650. The van der Waals surface area contributed by atoms with Crippen LogP contribution >= 0.6 is 11.6 Å². The van der Waals surface area contributed by atoms with Crippen molar-refractivity contribution in [3.05, 3.63) is 59.3 Å². The van der Waals surface area contributed by atoms with Gasteiger partial charge in [-0.25, -0.2) is 9.97 Å². The van der Waals surface area contributed by atoms with Crippen LogP contribution in [0.3, 0.4) is 0 Å². The van der Waals surface area contributed by atoms with Crippen molar-refractivity contribution in [3.63, 3.8) is 0 Å². The number of carbonyl (C=O) groups excluding carboxylic acids is 2. The molecule has 0 aliphatic carbocycles. The molecular formula is C25H22ClF3N10O2. The van der Waals surface area contributed by atoms with Gasteiger partial charge in [-0.05, 0) is 31.2 Å². The summed E-state index contributed by atoms with van der Waals surface area (Å²) in [7, 11) is 0. The largest absolute Gasteiger partial charge is 0.435 e. The van der Waals surface area contributed by atoms with E-state index in [0.29, 0.717) is 12.2 Å². The van der Waals surface area contributed by atoms with E-state index < -0.39 is 17.8 Å². The molecule has 1 fully saturated rings. The highest BCUT2D eigenvalue weighted by Gasteiger charge is 2.38. The predicted octanol–water partition coefficient (Wildman–Crippen LogP) is 2.74. The molecule has 41 heavy (non-hydrogen) atoms. The molecule has 0 spiro atoms. The third-order valence-corrected chi connectivity index (χ3v) is 6.59. The average Bonchev–Trinajstić information content (AvgIpc) is 3.67. The normalized spacial score (nSPS) is 15.0. The fourth-order valence-corrected chi connectivity index (χ4v) is 4.67. The first-order chi connectivity index (χ1) is 19.6. The fourth-order valence-electron chi connectivity index (χ4n) is 4.40. The van der Waals surface area contributed by atoms with E-state index in [1.807, 2.05) is 0 Å². The van der Waals surface area contributed by atoms with E-state index >= 15 is 0 Å². The zero-order valence-corrected chi connectivity index (χ0v) is 21.9. The van der Waals surface area contributed by atoms with E-state index in [-0.39, 0.29) is 58.3 Å². The van der Waals surface area contributed by atoms with Crippen LogP contribution in [0.2, 0.25) is 5.02 Å². The highest BCUT2D eigenvalue weighted by Crippen LogP contribution is 2.37. The van der Waals surface area contributed by atoms with Gasteiger partial charge in [-0.1, -0.05) is 11.6 Å². The highest BCUT2D eigenvalue weighted by atomic mass is 35.5. The van der Waals surface area contributed by atoms with Gasteiger partial charge in [-0.15, -0.1) is 0 Å². The second-order valence-corrected chi connectivity index (χ2v) is 9.52. The Morgan fingerprint density at radius 1 is 1.27 bits per heavy atom. The maximum Gasteiger partial charge on any atom is 0.435 e. The first-order valence-corrected chi connectivity index (χ1v) is 12.7. The number of rotatable bonds is 8. The summed E-state index contributed by atoms with van der Waals surface area (Å²) < 4.78 is 43.4. The average molecular weight is 587 g/mol. The third-order valence-electron chi connectivity index (χ3n) is 6.28. The van der Waals surface area contributed by atoms with Gasteiger partial charge in [-0.3, -0.25) is 18.7 Å². The maximum absolute atomic E-state index is 13.7. The first-order valence-electron chi connectivity index (χ1n) is 12.3. The predicted molar refractivity (Wildman–Crippen MR) is 141 cm³/mol. The van der Waals surface area contributed by atoms with Crippen LogP contribution in [0.1, 0.15) is 22.5 Å². The number of fused-ring (bicyclic) bond motifs is 1. The maximum atomic E-state index is 13.7. The van der Waals surface area contributed by atoms with E-state index in [4.69, 9.17) is 16.9 Å². The van der Waals surface area contributed by atoms with Gasteiger partial charge < -0.3 is 21.3 Å². The van der Waals surface area contributed by atoms with Gasteiger partial charge in [-0.2, -0.15) is 23.5 Å². The number of anilines is 2. The van der Waals surface area contributed by atoms with Crippen molar-refractivity contribution in [2.45, 2.75) is 25.2 Å². The second-order valence-electron chi connectivity index (χ2n) is 9.12. The number of hydrogen-bond acceptors (Lipinski definition) is 8. The Labute approximate surface area is 235 Å². The Morgan fingerprint density at radius 3 is 2.80 bits per heavy atom. The Kier molecular flexibility index (Phi) is 7.77. The highest BCUT2D eigenvalue weighted by molar-refractivity contribution is 6.34. The molecule has 1 aliphatic heterocycles. The number of aromatic nitrogens is 5. The lowest BCUT2D eigenvalue weighted by Gasteiger charge is -2.13. The summed E-state index contributed by atoms with van der Waals surface area (Å²) in [5.74, 6) is -0.626. The van der Waals surface area contributed by atoms with Crippen LogP contribution in [0.15, 0.2) is 43.0 Å². The van der Waals surface area contributed by atoms with E-state index in [1.165, 1.54) is 35.1 Å². The molecule has 0 saturated carbocycles. The number of imidazole rings is 1. The summed E-state index contributed by atoms with van der Waals surface area (Å²) in [6.07, 6.45) is 1.29. The molecule has 4 N–H and O–H groups in total. The molecule has 3 aromatic heterocycles. The molecule has 0 unspecified atom stereocenters. The standard InChI is InChI=1S/C25H22ClF3N10O2/c26-18-9-14(1-2-16(18)24(41)34-12-20(40)35-15-3-5-31-10-15)36-22-23-33-11-19(39(23)8-6-32-22)17-13-38(7-4-30)37-21(17)25(27,28)29/h1-2,6,8-9,11,13,15,31H,3,5,7,10,12H2,(H,32,36)(H,34,41)(H,35,40)/t15-/m1/s1. The van der Waals surface area contributed by atoms with Crippen molar-refractivity contribution in [3.8, 4) is 17.3 Å². The molecule has 4 heterocycles. The van der Waals surface area contributed by atoms with Crippen LogP contribution in [0.5, 0.6) is 0 Å². The van der Waals surface area contributed by atoms with Crippen LogP contribution in [-0.2, 0) is 17.5 Å². The van der Waals surface area contributed by atoms with Gasteiger partial charge in [0.15, 0.2) is 17.2 Å². The molecule has 4 aromatic rings. The topological polar surface area (TPSA) is 154 Å². The minimum atomic E-state index is -4.75. The Morgan fingerprint density at radius 2 is 2.10 bits per heavy atom. The summed E-state index contributed by atoms with van der Waals surface area (Å²) in [5.41, 5.74) is -0.499. The van der Waals surface area contributed by atoms with Crippen molar-refractivity contribution in [2.75, 3.05) is 25.0 Å². The lowest BCUT2D eigenvalue weighted by molar-refractivity contribution is -0.141. The van der Waals surface area contributed by atoms with Gasteiger partial charge in [0.2, 0.25) is 5.91 Å². The van der Waals surface area contributed by atoms with Crippen molar-refractivity contribution in [2.24, 2.45) is 0 Å². The smallest absolute Gasteiger partial charge is 0.351 e. The number of alkyl halides is 3. The van der Waals surface area contributed by atoms with E-state index in [2.05, 4.69) is 36.3 Å².